The third-order valence-corrected chi connectivity index (χ3v) is 1.07. The molecule has 2 aromatic heterocycles. The quantitative estimate of drug-likeness (QED) is 0.441. The fraction of sp³-hybridized carbons (Fsp3) is 0. The predicted octanol–water partition coefficient (Wildman–Crippen LogP) is -2.21. The van der Waals surface area contributed by atoms with Gasteiger partial charge in [-0.3, -0.25) is 0 Å². The van der Waals surface area contributed by atoms with E-state index in [9.17, 15) is 9.59 Å². The molecule has 2 aromatic rings. The maximum absolute atomic E-state index is 9.88. The van der Waals surface area contributed by atoms with Gasteiger partial charge in [0.2, 0.25) is 0 Å². The maximum Gasteiger partial charge on any atom is 0.377 e. The van der Waals surface area contributed by atoms with Gasteiger partial charge in [-0.2, -0.15) is 10.4 Å². The second kappa shape index (κ2) is 6.95. The van der Waals surface area contributed by atoms with Gasteiger partial charge >= 0.3 is 11.9 Å². The molecule has 0 aromatic carbocycles. The third kappa shape index (κ3) is 4.75. The van der Waals surface area contributed by atoms with Crippen LogP contribution < -0.4 is 0 Å². The maximum atomic E-state index is 9.88. The van der Waals surface area contributed by atoms with Crippen molar-refractivity contribution in [2.45, 2.75) is 0 Å². The van der Waals surface area contributed by atoms with Gasteiger partial charge in [-0.05, 0) is 10.4 Å². The molecule has 0 bridgehead atoms. The minimum atomic E-state index is -1.18. The van der Waals surface area contributed by atoms with Crippen LogP contribution in [0.2, 0.25) is 0 Å². The molecule has 0 amide bonds. The first-order valence-electron chi connectivity index (χ1n) is 3.54. The number of aromatic nitrogens is 8. The molecule has 12 nitrogen and oxygen atoms in total. The monoisotopic (exact) mass is 286 g/mol. The molecule has 0 aliphatic rings. The normalized spacial score (nSPS) is 8.47. The van der Waals surface area contributed by atoms with E-state index in [4.69, 9.17) is 10.2 Å². The Morgan fingerprint density at radius 3 is 1.35 bits per heavy atom. The van der Waals surface area contributed by atoms with E-state index in [1.807, 2.05) is 10.4 Å². The summed E-state index contributed by atoms with van der Waals surface area (Å²) >= 11 is 0. The van der Waals surface area contributed by atoms with Crippen molar-refractivity contribution in [3.8, 4) is 0 Å². The van der Waals surface area contributed by atoms with Crippen molar-refractivity contribution in [2.24, 2.45) is 0 Å². The van der Waals surface area contributed by atoms with Gasteiger partial charge in [0.25, 0.3) is 11.6 Å². The van der Waals surface area contributed by atoms with Crippen molar-refractivity contribution in [2.75, 3.05) is 0 Å². The van der Waals surface area contributed by atoms with Crippen molar-refractivity contribution in [1.29, 1.82) is 0 Å². The first kappa shape index (κ1) is 14.6. The summed E-state index contributed by atoms with van der Waals surface area (Å²) in [5, 5.41) is 38.9. The molecule has 13 heteroatoms. The molecule has 0 unspecified atom stereocenters. The van der Waals surface area contributed by atoms with Gasteiger partial charge < -0.3 is 10.2 Å². The molecule has 94 valence electrons. The van der Waals surface area contributed by atoms with Crippen LogP contribution in [0, 0.1) is 0 Å². The van der Waals surface area contributed by atoms with Gasteiger partial charge in [-0.25, -0.2) is 9.59 Å². The average Bonchev–Trinajstić information content (AvgIpc) is 2.93. The van der Waals surface area contributed by atoms with Crippen LogP contribution in [0.5, 0.6) is 0 Å². The van der Waals surface area contributed by atoms with Crippen molar-refractivity contribution in [1.82, 2.24) is 41.2 Å². The summed E-state index contributed by atoms with van der Waals surface area (Å²) in [5.41, 5.74) is 0. The zero-order valence-corrected chi connectivity index (χ0v) is 8.70. The zero-order chi connectivity index (χ0) is 12.0. The summed E-state index contributed by atoms with van der Waals surface area (Å²) in [6.07, 6.45) is 0. The van der Waals surface area contributed by atoms with Gasteiger partial charge in [0.15, 0.2) is 0 Å². The minimum Gasteiger partial charge on any atom is -0.475 e. The Morgan fingerprint density at radius 2 is 1.24 bits per heavy atom. The number of carboxylic acids is 2. The fourth-order valence-electron chi connectivity index (χ4n) is 0.505. The van der Waals surface area contributed by atoms with Crippen LogP contribution in [-0.4, -0.2) is 63.4 Å². The molecule has 0 aliphatic carbocycles. The summed E-state index contributed by atoms with van der Waals surface area (Å²) < 4.78 is 0. The Balaban J connectivity index is 0.000000284. The molecule has 0 aliphatic heterocycles. The summed E-state index contributed by atoms with van der Waals surface area (Å²) in [6, 6.07) is 0. The molecular weight excluding hydrogens is 283 g/mol. The minimum absolute atomic E-state index is 0. The van der Waals surface area contributed by atoms with Gasteiger partial charge in [-0.1, -0.05) is 0 Å². The summed E-state index contributed by atoms with van der Waals surface area (Å²) in [7, 11) is 0. The molecule has 0 fully saturated rings. The molecule has 0 saturated carbocycles. The van der Waals surface area contributed by atoms with E-state index in [0.29, 0.717) is 0 Å². The third-order valence-electron chi connectivity index (χ3n) is 1.07. The first-order valence-corrected chi connectivity index (χ1v) is 3.54. The van der Waals surface area contributed by atoms with Crippen molar-refractivity contribution in [3.05, 3.63) is 11.6 Å². The number of H-pyrrole nitrogens is 2. The van der Waals surface area contributed by atoms with Crippen LogP contribution in [0.3, 0.4) is 0 Å². The van der Waals surface area contributed by atoms with Crippen LogP contribution in [0.1, 0.15) is 21.2 Å². The average molecular weight is 287 g/mol. The molecular formula is C4H4N8NiO4. The Morgan fingerprint density at radius 1 is 0.882 bits per heavy atom. The number of hydrogen-bond donors (Lipinski definition) is 4. The molecule has 17 heavy (non-hydrogen) atoms. The van der Waals surface area contributed by atoms with E-state index >= 15 is 0 Å². The van der Waals surface area contributed by atoms with Crippen molar-refractivity contribution < 1.29 is 36.3 Å². The number of rotatable bonds is 2. The van der Waals surface area contributed by atoms with E-state index in [-0.39, 0.29) is 28.1 Å². The number of tetrazole rings is 2. The molecule has 0 saturated heterocycles. The molecule has 0 spiro atoms. The summed E-state index contributed by atoms with van der Waals surface area (Å²) in [6.45, 7) is 0. The molecule has 2 rings (SSSR count). The van der Waals surface area contributed by atoms with E-state index < -0.39 is 11.9 Å². The van der Waals surface area contributed by atoms with Crippen molar-refractivity contribution in [3.63, 3.8) is 0 Å². The van der Waals surface area contributed by atoms with Gasteiger partial charge in [0, 0.05) is 16.5 Å². The second-order valence-corrected chi connectivity index (χ2v) is 2.08. The second-order valence-electron chi connectivity index (χ2n) is 2.08. The van der Waals surface area contributed by atoms with E-state index in [1.165, 1.54) is 0 Å². The number of hydrogen-bond acceptors (Lipinski definition) is 8. The zero-order valence-electron chi connectivity index (χ0n) is 7.71. The van der Waals surface area contributed by atoms with Crippen LogP contribution in [-0.2, 0) is 16.5 Å². The van der Waals surface area contributed by atoms with E-state index in [2.05, 4.69) is 30.8 Å². The SMILES string of the molecule is O=C(O)c1nn[nH]n1.O=C(O)c1nn[nH]n1.[Ni]. The molecule has 0 radical (unpaired) electrons. The van der Waals surface area contributed by atoms with Gasteiger partial charge in [0.05, 0.1) is 0 Å². The summed E-state index contributed by atoms with van der Waals surface area (Å²) in [4.78, 5) is 19.8. The van der Waals surface area contributed by atoms with Crippen LogP contribution in [0.15, 0.2) is 0 Å². The summed E-state index contributed by atoms with van der Waals surface area (Å²) in [5.74, 6) is -2.99. The Hall–Kier alpha value is -2.43. The number of nitrogens with zero attached hydrogens (tertiary/aromatic N) is 6. The number of carbonyl (C=O) groups is 2. The van der Waals surface area contributed by atoms with Gasteiger partial charge in [0.1, 0.15) is 0 Å². The van der Waals surface area contributed by atoms with Crippen LogP contribution >= 0.6 is 0 Å². The van der Waals surface area contributed by atoms with Gasteiger partial charge in [-0.15, -0.1) is 20.4 Å². The Kier molecular flexibility index (Phi) is 5.96. The standard InChI is InChI=1S/2C2H2N4O2.Ni/c2*7-2(8)1-3-5-6-4-1;/h2*(H,7,8)(H,3,4,5,6);. The smallest absolute Gasteiger partial charge is 0.377 e. The number of nitrogens with one attached hydrogen (secondary N) is 2. The van der Waals surface area contributed by atoms with E-state index in [1.54, 1.807) is 0 Å². The Bertz CT molecular complexity index is 410. The first-order chi connectivity index (χ1) is 7.61. The molecule has 0 atom stereocenters. The number of carboxylic acid groups (broad SMARTS) is 2. The number of aromatic amines is 2. The van der Waals surface area contributed by atoms with E-state index in [0.717, 1.165) is 0 Å². The molecule has 4 N–H and O–H groups in total. The largest absolute Gasteiger partial charge is 0.475 e. The fourth-order valence-corrected chi connectivity index (χ4v) is 0.505. The topological polar surface area (TPSA) is 184 Å². The Labute approximate surface area is 102 Å². The van der Waals surface area contributed by atoms with Crippen LogP contribution in [0.4, 0.5) is 0 Å². The molecule has 2 heterocycles. The van der Waals surface area contributed by atoms with Crippen molar-refractivity contribution >= 4 is 11.9 Å². The predicted molar refractivity (Wildman–Crippen MR) is 42.3 cm³/mol. The number of aromatic carboxylic acids is 2. The van der Waals surface area contributed by atoms with Crippen LogP contribution in [0.25, 0.3) is 0 Å².